The van der Waals surface area contributed by atoms with E-state index in [1.165, 1.54) is 27.8 Å². The highest BCUT2D eigenvalue weighted by atomic mass is 32.2. The van der Waals surface area contributed by atoms with Gasteiger partial charge in [0.1, 0.15) is 5.75 Å². The van der Waals surface area contributed by atoms with Crippen LogP contribution in [-0.2, 0) is 21.2 Å². The lowest BCUT2D eigenvalue weighted by atomic mass is 10.2. The first-order chi connectivity index (χ1) is 17.1. The van der Waals surface area contributed by atoms with Gasteiger partial charge in [-0.25, -0.2) is 14.3 Å². The summed E-state index contributed by atoms with van der Waals surface area (Å²) in [4.78, 5) is 4.62. The van der Waals surface area contributed by atoms with Crippen LogP contribution in [0.2, 0.25) is 18.1 Å². The zero-order valence-electron chi connectivity index (χ0n) is 20.8. The minimum absolute atomic E-state index is 0.0127. The SMILES string of the molecule is CC(C)(C)[Si](C)(C)OCc1cccc(-n2ncc3c(-n4cccn4)cc(OS(=O)(=O)C(F)(F)F)cc32)n1. The number of alkyl halides is 3. The Bertz CT molecular complexity index is 1530. The maximum Gasteiger partial charge on any atom is 0.534 e. The minimum atomic E-state index is -5.89. The van der Waals surface area contributed by atoms with Crippen LogP contribution in [0.5, 0.6) is 5.75 Å². The van der Waals surface area contributed by atoms with Crippen molar-refractivity contribution in [3.8, 4) is 17.3 Å². The second-order valence-electron chi connectivity index (χ2n) is 9.90. The van der Waals surface area contributed by atoms with Gasteiger partial charge in [0.05, 0.1) is 29.7 Å². The molecule has 37 heavy (non-hydrogen) atoms. The van der Waals surface area contributed by atoms with Gasteiger partial charge in [-0.1, -0.05) is 26.8 Å². The third-order valence-corrected chi connectivity index (χ3v) is 11.7. The van der Waals surface area contributed by atoms with Crippen molar-refractivity contribution in [2.24, 2.45) is 0 Å². The van der Waals surface area contributed by atoms with E-state index < -0.39 is 29.7 Å². The summed E-state index contributed by atoms with van der Waals surface area (Å²) in [6, 6.07) is 9.19. The third-order valence-electron chi connectivity index (χ3n) is 6.28. The molecule has 3 aromatic heterocycles. The maximum atomic E-state index is 13.0. The summed E-state index contributed by atoms with van der Waals surface area (Å²) >= 11 is 0. The van der Waals surface area contributed by atoms with Crippen LogP contribution in [0.4, 0.5) is 13.2 Å². The molecule has 0 fully saturated rings. The van der Waals surface area contributed by atoms with E-state index in [0.717, 1.165) is 6.07 Å². The van der Waals surface area contributed by atoms with Gasteiger partial charge in [-0.05, 0) is 36.3 Å². The molecule has 14 heteroatoms. The summed E-state index contributed by atoms with van der Waals surface area (Å²) in [5.41, 5.74) is -4.40. The summed E-state index contributed by atoms with van der Waals surface area (Å²) in [6.45, 7) is 10.9. The average Bonchev–Trinajstić information content (AvgIpc) is 3.46. The first-order valence-corrected chi connectivity index (χ1v) is 15.5. The lowest BCUT2D eigenvalue weighted by Crippen LogP contribution is -2.40. The van der Waals surface area contributed by atoms with Crippen LogP contribution in [0, 0.1) is 0 Å². The van der Waals surface area contributed by atoms with Crippen molar-refractivity contribution in [1.82, 2.24) is 24.5 Å². The maximum absolute atomic E-state index is 13.0. The molecule has 0 radical (unpaired) electrons. The van der Waals surface area contributed by atoms with Crippen LogP contribution in [0.1, 0.15) is 26.5 Å². The van der Waals surface area contributed by atoms with Gasteiger partial charge in [-0.3, -0.25) is 0 Å². The molecular formula is C23H26F3N5O4SSi. The van der Waals surface area contributed by atoms with Gasteiger partial charge in [0.2, 0.25) is 0 Å². The van der Waals surface area contributed by atoms with Crippen molar-refractivity contribution in [3.05, 3.63) is 60.7 Å². The Balaban J connectivity index is 1.78. The second kappa shape index (κ2) is 9.26. The standard InChI is InChI=1S/C23H26F3N5O4SSi/c1-22(2,3)37(4,5)34-15-16-8-6-9-21(29-16)31-20-13-17(35-36(32,33)23(24,25)26)12-19(18(20)14-28-31)30-11-7-10-27-30/h6-14H,15H2,1-5H3. The summed E-state index contributed by atoms with van der Waals surface area (Å²) < 4.78 is 75.9. The number of rotatable bonds is 7. The molecular weight excluding hydrogens is 527 g/mol. The van der Waals surface area contributed by atoms with Crippen LogP contribution >= 0.6 is 0 Å². The number of nitrogens with zero attached hydrogens (tertiary/aromatic N) is 5. The Kier molecular flexibility index (Phi) is 6.71. The molecule has 1 aromatic carbocycles. The fourth-order valence-corrected chi connectivity index (χ4v) is 4.61. The van der Waals surface area contributed by atoms with Gasteiger partial charge in [-0.15, -0.1) is 0 Å². The molecule has 0 N–H and O–H groups in total. The molecule has 0 saturated heterocycles. The van der Waals surface area contributed by atoms with Crippen molar-refractivity contribution >= 4 is 29.3 Å². The molecule has 0 saturated carbocycles. The Hall–Kier alpha value is -3.23. The molecule has 0 aliphatic carbocycles. The molecule has 0 amide bonds. The Morgan fingerprint density at radius 3 is 2.41 bits per heavy atom. The van der Waals surface area contributed by atoms with Crippen LogP contribution in [0.15, 0.2) is 55.0 Å². The smallest absolute Gasteiger partial charge is 0.411 e. The Morgan fingerprint density at radius 2 is 1.78 bits per heavy atom. The molecule has 9 nitrogen and oxygen atoms in total. The largest absolute Gasteiger partial charge is 0.534 e. The van der Waals surface area contributed by atoms with E-state index in [9.17, 15) is 21.6 Å². The number of hydrogen-bond acceptors (Lipinski definition) is 7. The lowest BCUT2D eigenvalue weighted by molar-refractivity contribution is -0.0500. The summed E-state index contributed by atoms with van der Waals surface area (Å²) in [6.07, 6.45) is 4.53. The number of fused-ring (bicyclic) bond motifs is 1. The highest BCUT2D eigenvalue weighted by Crippen LogP contribution is 2.37. The van der Waals surface area contributed by atoms with Gasteiger partial charge < -0.3 is 8.61 Å². The summed E-state index contributed by atoms with van der Waals surface area (Å²) in [7, 11) is -7.93. The molecule has 0 spiro atoms. The Morgan fingerprint density at radius 1 is 1.05 bits per heavy atom. The molecule has 0 aliphatic rings. The first-order valence-electron chi connectivity index (χ1n) is 11.2. The summed E-state index contributed by atoms with van der Waals surface area (Å²) in [5.74, 6) is -0.178. The van der Waals surface area contributed by atoms with Crippen LogP contribution in [0.25, 0.3) is 22.4 Å². The number of pyridine rings is 1. The fourth-order valence-electron chi connectivity index (χ4n) is 3.22. The molecule has 4 aromatic rings. The van der Waals surface area contributed by atoms with Gasteiger partial charge in [-0.2, -0.15) is 31.8 Å². The van der Waals surface area contributed by atoms with E-state index in [4.69, 9.17) is 4.43 Å². The average molecular weight is 554 g/mol. The van der Waals surface area contributed by atoms with Crippen LogP contribution in [0.3, 0.4) is 0 Å². The molecule has 198 valence electrons. The number of hydrogen-bond donors (Lipinski definition) is 0. The Labute approximate surface area is 213 Å². The van der Waals surface area contributed by atoms with Crippen molar-refractivity contribution in [3.63, 3.8) is 0 Å². The quantitative estimate of drug-likeness (QED) is 0.173. The van der Waals surface area contributed by atoms with E-state index in [-0.39, 0.29) is 22.8 Å². The molecule has 0 aliphatic heterocycles. The normalized spacial score (nSPS) is 13.3. The van der Waals surface area contributed by atoms with Gasteiger partial charge in [0, 0.05) is 29.9 Å². The van der Waals surface area contributed by atoms with Crippen molar-refractivity contribution in [2.45, 2.75) is 51.0 Å². The molecule has 0 unspecified atom stereocenters. The van der Waals surface area contributed by atoms with Gasteiger partial charge >= 0.3 is 15.6 Å². The van der Waals surface area contributed by atoms with Crippen LogP contribution < -0.4 is 4.18 Å². The van der Waals surface area contributed by atoms with E-state index in [1.54, 1.807) is 24.4 Å². The van der Waals surface area contributed by atoms with Crippen molar-refractivity contribution < 1.29 is 30.2 Å². The number of benzene rings is 1. The predicted molar refractivity (Wildman–Crippen MR) is 134 cm³/mol. The molecule has 0 bridgehead atoms. The molecule has 0 atom stereocenters. The van der Waals surface area contributed by atoms with Gasteiger partial charge in [0.15, 0.2) is 14.1 Å². The topological polar surface area (TPSA) is 101 Å². The minimum Gasteiger partial charge on any atom is -0.411 e. The highest BCUT2D eigenvalue weighted by Gasteiger charge is 2.48. The molecule has 3 heterocycles. The summed E-state index contributed by atoms with van der Waals surface area (Å²) in [5, 5.41) is 8.98. The number of halogens is 3. The van der Waals surface area contributed by atoms with Gasteiger partial charge in [0.25, 0.3) is 0 Å². The fraction of sp³-hybridized carbons (Fsp3) is 0.348. The lowest BCUT2D eigenvalue weighted by Gasteiger charge is -2.36. The van der Waals surface area contributed by atoms with E-state index >= 15 is 0 Å². The van der Waals surface area contributed by atoms with Crippen molar-refractivity contribution in [1.29, 1.82) is 0 Å². The van der Waals surface area contributed by atoms with E-state index in [1.807, 2.05) is 6.07 Å². The van der Waals surface area contributed by atoms with Crippen LogP contribution in [-0.4, -0.2) is 46.8 Å². The van der Waals surface area contributed by atoms with Crippen molar-refractivity contribution in [2.75, 3.05) is 0 Å². The predicted octanol–water partition coefficient (Wildman–Crippen LogP) is 5.36. The monoisotopic (exact) mass is 553 g/mol. The number of aromatic nitrogens is 5. The third kappa shape index (κ3) is 5.40. The van der Waals surface area contributed by atoms with E-state index in [0.29, 0.717) is 16.9 Å². The molecule has 4 rings (SSSR count). The zero-order valence-corrected chi connectivity index (χ0v) is 22.6. The highest BCUT2D eigenvalue weighted by molar-refractivity contribution is 7.88. The first kappa shape index (κ1) is 26.8. The zero-order chi connectivity index (χ0) is 27.2. The second-order valence-corrected chi connectivity index (χ2v) is 16.2. The van der Waals surface area contributed by atoms with E-state index in [2.05, 4.69) is 53.2 Å².